The SMILES string of the molecule is [NH3+][C@H]1CCCC[C@H]1N=C[C@@H]1C(=O)NC(=O)N(c2ccccc2Cl)C1=O. The molecule has 7 nitrogen and oxygen atoms in total. The number of amides is 4. The molecule has 2 fully saturated rings. The van der Waals surface area contributed by atoms with E-state index in [1.807, 2.05) is 0 Å². The lowest BCUT2D eigenvalue weighted by molar-refractivity contribution is -0.428. The van der Waals surface area contributed by atoms with E-state index in [1.165, 1.54) is 6.21 Å². The van der Waals surface area contributed by atoms with Gasteiger partial charge in [0.15, 0.2) is 5.92 Å². The largest absolute Gasteiger partial charge is 0.353 e. The molecule has 0 aromatic heterocycles. The van der Waals surface area contributed by atoms with Crippen molar-refractivity contribution in [2.45, 2.75) is 37.8 Å². The number of rotatable bonds is 3. The van der Waals surface area contributed by atoms with Crippen LogP contribution in [-0.2, 0) is 9.59 Å². The molecule has 1 aliphatic heterocycles. The normalized spacial score (nSPS) is 27.7. The number of nitrogens with one attached hydrogen (secondary N) is 1. The number of para-hydroxylation sites is 1. The monoisotopic (exact) mass is 363 g/mol. The number of barbiturate groups is 1. The quantitative estimate of drug-likeness (QED) is 0.621. The summed E-state index contributed by atoms with van der Waals surface area (Å²) < 4.78 is 0. The predicted molar refractivity (Wildman–Crippen MR) is 93.4 cm³/mol. The fourth-order valence-corrected chi connectivity index (χ4v) is 3.38. The zero-order valence-electron chi connectivity index (χ0n) is 13.7. The summed E-state index contributed by atoms with van der Waals surface area (Å²) in [7, 11) is 0. The van der Waals surface area contributed by atoms with E-state index in [4.69, 9.17) is 11.6 Å². The zero-order chi connectivity index (χ0) is 18.0. The number of imide groups is 2. The number of urea groups is 1. The Hall–Kier alpha value is -2.25. The predicted octanol–water partition coefficient (Wildman–Crippen LogP) is 1.16. The third kappa shape index (κ3) is 3.57. The van der Waals surface area contributed by atoms with Gasteiger partial charge in [0.2, 0.25) is 5.91 Å². The van der Waals surface area contributed by atoms with Crippen molar-refractivity contribution in [2.24, 2.45) is 10.9 Å². The summed E-state index contributed by atoms with van der Waals surface area (Å²) in [5, 5.41) is 2.45. The highest BCUT2D eigenvalue weighted by Gasteiger charge is 2.41. The highest BCUT2D eigenvalue weighted by molar-refractivity contribution is 6.38. The van der Waals surface area contributed by atoms with Crippen LogP contribution in [0, 0.1) is 5.92 Å². The average Bonchev–Trinajstić information content (AvgIpc) is 2.57. The Bertz CT molecular complexity index is 736. The number of carbonyl (C=O) groups excluding carboxylic acids is 3. The van der Waals surface area contributed by atoms with Crippen LogP contribution in [0.25, 0.3) is 0 Å². The van der Waals surface area contributed by atoms with Gasteiger partial charge in [-0.2, -0.15) is 0 Å². The number of quaternary nitrogens is 1. The second-order valence-electron chi connectivity index (χ2n) is 6.31. The molecule has 1 aliphatic carbocycles. The lowest BCUT2D eigenvalue weighted by atomic mass is 9.91. The van der Waals surface area contributed by atoms with Gasteiger partial charge in [-0.05, 0) is 25.0 Å². The molecule has 3 rings (SSSR count). The maximum Gasteiger partial charge on any atom is 0.335 e. The minimum absolute atomic E-state index is 0.000686. The Morgan fingerprint density at radius 3 is 2.64 bits per heavy atom. The molecule has 3 atom stereocenters. The smallest absolute Gasteiger partial charge is 0.335 e. The van der Waals surface area contributed by atoms with Crippen molar-refractivity contribution in [2.75, 3.05) is 4.90 Å². The van der Waals surface area contributed by atoms with Crippen molar-refractivity contribution in [1.29, 1.82) is 0 Å². The first kappa shape index (κ1) is 17.6. The molecule has 0 bridgehead atoms. The van der Waals surface area contributed by atoms with Crippen LogP contribution in [0.1, 0.15) is 25.7 Å². The van der Waals surface area contributed by atoms with E-state index in [-0.39, 0.29) is 22.8 Å². The standard InChI is InChI=1S/C17H19ClN4O3/c18-11-5-1-4-8-14(11)22-16(24)10(15(23)21-17(22)25)9-20-13-7-3-2-6-12(13)19/h1,4-5,8-10,12-13H,2-3,6-7,19H2,(H,21,23,25)/p+1/t10-,12+,13-/m1/s1. The summed E-state index contributed by atoms with van der Waals surface area (Å²) in [6.45, 7) is 0. The fourth-order valence-electron chi connectivity index (χ4n) is 3.16. The van der Waals surface area contributed by atoms with E-state index >= 15 is 0 Å². The van der Waals surface area contributed by atoms with Gasteiger partial charge in [0.25, 0.3) is 5.91 Å². The third-order valence-electron chi connectivity index (χ3n) is 4.59. The molecule has 0 spiro atoms. The molecule has 1 aromatic carbocycles. The molecule has 132 valence electrons. The summed E-state index contributed by atoms with van der Waals surface area (Å²) in [5.41, 5.74) is 4.33. The van der Waals surface area contributed by atoms with E-state index in [0.29, 0.717) is 0 Å². The van der Waals surface area contributed by atoms with Crippen molar-refractivity contribution in [3.63, 3.8) is 0 Å². The minimum atomic E-state index is -1.15. The van der Waals surface area contributed by atoms with Crippen LogP contribution in [0.5, 0.6) is 0 Å². The Kier molecular flexibility index (Phi) is 5.15. The van der Waals surface area contributed by atoms with Gasteiger partial charge in [0.1, 0.15) is 12.1 Å². The van der Waals surface area contributed by atoms with Crippen LogP contribution in [0.4, 0.5) is 10.5 Å². The van der Waals surface area contributed by atoms with Gasteiger partial charge in [0.05, 0.1) is 10.7 Å². The van der Waals surface area contributed by atoms with E-state index < -0.39 is 23.8 Å². The van der Waals surface area contributed by atoms with Gasteiger partial charge in [0, 0.05) is 12.6 Å². The molecule has 4 N–H and O–H groups in total. The first-order chi connectivity index (χ1) is 12.0. The summed E-state index contributed by atoms with van der Waals surface area (Å²) in [6.07, 6.45) is 5.40. The molecule has 1 saturated carbocycles. The van der Waals surface area contributed by atoms with E-state index in [0.717, 1.165) is 30.6 Å². The summed E-state index contributed by atoms with van der Waals surface area (Å²) >= 11 is 6.09. The topological polar surface area (TPSA) is 106 Å². The summed E-state index contributed by atoms with van der Waals surface area (Å²) in [6, 6.07) is 5.86. The van der Waals surface area contributed by atoms with E-state index in [2.05, 4.69) is 16.0 Å². The van der Waals surface area contributed by atoms with Crippen molar-refractivity contribution >= 4 is 41.3 Å². The van der Waals surface area contributed by atoms with Crippen LogP contribution < -0.4 is 16.0 Å². The first-order valence-corrected chi connectivity index (χ1v) is 8.66. The Morgan fingerprint density at radius 2 is 1.92 bits per heavy atom. The van der Waals surface area contributed by atoms with Gasteiger partial charge in [-0.3, -0.25) is 19.9 Å². The van der Waals surface area contributed by atoms with Crippen molar-refractivity contribution in [3.05, 3.63) is 29.3 Å². The van der Waals surface area contributed by atoms with Crippen LogP contribution in [0.3, 0.4) is 0 Å². The lowest BCUT2D eigenvalue weighted by Crippen LogP contribution is -2.66. The van der Waals surface area contributed by atoms with E-state index in [9.17, 15) is 14.4 Å². The fraction of sp³-hybridized carbons (Fsp3) is 0.412. The molecule has 1 saturated heterocycles. The highest BCUT2D eigenvalue weighted by atomic mass is 35.5. The average molecular weight is 364 g/mol. The van der Waals surface area contributed by atoms with Gasteiger partial charge >= 0.3 is 6.03 Å². The van der Waals surface area contributed by atoms with Crippen molar-refractivity contribution in [3.8, 4) is 0 Å². The number of carbonyl (C=O) groups is 3. The lowest BCUT2D eigenvalue weighted by Gasteiger charge is -2.29. The maximum absolute atomic E-state index is 12.7. The molecule has 25 heavy (non-hydrogen) atoms. The molecule has 4 amide bonds. The number of hydrogen-bond acceptors (Lipinski definition) is 4. The molecule has 8 heteroatoms. The summed E-state index contributed by atoms with van der Waals surface area (Å²) in [4.78, 5) is 42.3. The molecule has 1 heterocycles. The van der Waals surface area contributed by atoms with Crippen LogP contribution in [0.2, 0.25) is 5.02 Å². The molecule has 2 aliphatic rings. The van der Waals surface area contributed by atoms with Crippen molar-refractivity contribution in [1.82, 2.24) is 5.32 Å². The first-order valence-electron chi connectivity index (χ1n) is 8.28. The van der Waals surface area contributed by atoms with E-state index in [1.54, 1.807) is 24.3 Å². The number of benzene rings is 1. The zero-order valence-corrected chi connectivity index (χ0v) is 14.4. The molecule has 1 aromatic rings. The number of hydrogen-bond donors (Lipinski definition) is 2. The van der Waals surface area contributed by atoms with Crippen molar-refractivity contribution < 1.29 is 20.1 Å². The third-order valence-corrected chi connectivity index (χ3v) is 4.91. The van der Waals surface area contributed by atoms with Gasteiger partial charge in [-0.1, -0.05) is 30.2 Å². The molecule has 0 radical (unpaired) electrons. The molecular weight excluding hydrogens is 344 g/mol. The van der Waals surface area contributed by atoms with Crippen LogP contribution in [-0.4, -0.2) is 36.1 Å². The highest BCUT2D eigenvalue weighted by Crippen LogP contribution is 2.28. The number of halogens is 1. The number of nitrogens with zero attached hydrogens (tertiary/aromatic N) is 2. The minimum Gasteiger partial charge on any atom is -0.353 e. The Labute approximate surface area is 150 Å². The van der Waals surface area contributed by atoms with Gasteiger partial charge in [-0.15, -0.1) is 0 Å². The van der Waals surface area contributed by atoms with Gasteiger partial charge < -0.3 is 5.73 Å². The van der Waals surface area contributed by atoms with Crippen LogP contribution >= 0.6 is 11.6 Å². The van der Waals surface area contributed by atoms with Crippen LogP contribution in [0.15, 0.2) is 29.3 Å². The maximum atomic E-state index is 12.7. The van der Waals surface area contributed by atoms with Gasteiger partial charge in [-0.25, -0.2) is 9.69 Å². The Balaban J connectivity index is 1.84. The molecule has 0 unspecified atom stereocenters. The number of anilines is 1. The second-order valence-corrected chi connectivity index (χ2v) is 6.71. The number of aliphatic imine (C=N–C) groups is 1. The summed E-state index contributed by atoms with van der Waals surface area (Å²) in [5.74, 6) is -2.47. The Morgan fingerprint density at radius 1 is 1.20 bits per heavy atom. The second kappa shape index (κ2) is 7.33. The molecular formula is C17H20ClN4O3+.